The normalized spacial score (nSPS) is 10.5. The van der Waals surface area contributed by atoms with E-state index >= 15 is 0 Å². The molecule has 2 aromatic carbocycles. The first-order valence-corrected chi connectivity index (χ1v) is 6.64. The van der Waals surface area contributed by atoms with Crippen molar-refractivity contribution in [1.29, 1.82) is 0 Å². The van der Waals surface area contributed by atoms with E-state index in [1.165, 1.54) is 0 Å². The third-order valence-electron chi connectivity index (χ3n) is 3.35. The van der Waals surface area contributed by atoms with Crippen molar-refractivity contribution in [2.24, 2.45) is 0 Å². The fourth-order valence-electron chi connectivity index (χ4n) is 2.30. The zero-order chi connectivity index (χ0) is 14.8. The Morgan fingerprint density at radius 1 is 0.762 bits per heavy atom. The Labute approximate surface area is 121 Å². The van der Waals surface area contributed by atoms with Crippen molar-refractivity contribution < 1.29 is 0 Å². The lowest BCUT2D eigenvalue weighted by Gasteiger charge is -2.09. The van der Waals surface area contributed by atoms with Crippen LogP contribution < -0.4 is 11.2 Å². The van der Waals surface area contributed by atoms with Gasteiger partial charge in [-0.3, -0.25) is 9.78 Å². The number of aryl methyl sites for hydroxylation is 1. The van der Waals surface area contributed by atoms with Gasteiger partial charge in [0.25, 0.3) is 5.56 Å². The molecule has 0 amide bonds. The van der Waals surface area contributed by atoms with Crippen LogP contribution in [-0.2, 0) is 0 Å². The van der Waals surface area contributed by atoms with Gasteiger partial charge in [0.15, 0.2) is 0 Å². The highest BCUT2D eigenvalue weighted by atomic mass is 16.2. The Bertz CT molecular complexity index is 875. The first-order valence-electron chi connectivity index (χ1n) is 6.64. The second-order valence-corrected chi connectivity index (χ2v) is 4.89. The largest absolute Gasteiger partial charge is 0.326 e. The number of hydrogen-bond donors (Lipinski definition) is 2. The lowest BCUT2D eigenvalue weighted by atomic mass is 10.00. The van der Waals surface area contributed by atoms with Crippen molar-refractivity contribution in [3.8, 4) is 22.4 Å². The number of benzene rings is 2. The van der Waals surface area contributed by atoms with E-state index in [0.29, 0.717) is 11.3 Å². The maximum Gasteiger partial charge on any atom is 0.326 e. The lowest BCUT2D eigenvalue weighted by molar-refractivity contribution is 1.04. The molecular weight excluding hydrogens is 264 g/mol. The fraction of sp³-hybridized carbons (Fsp3) is 0.0588. The maximum absolute atomic E-state index is 12.2. The highest BCUT2D eigenvalue weighted by Crippen LogP contribution is 2.26. The van der Waals surface area contributed by atoms with Gasteiger partial charge in [0.05, 0.1) is 11.3 Å². The Hall–Kier alpha value is -2.88. The lowest BCUT2D eigenvalue weighted by Crippen LogP contribution is -2.24. The average molecular weight is 278 g/mol. The van der Waals surface area contributed by atoms with Crippen LogP contribution in [0.4, 0.5) is 0 Å². The first kappa shape index (κ1) is 13.1. The van der Waals surface area contributed by atoms with Gasteiger partial charge in [-0.05, 0) is 18.1 Å². The Morgan fingerprint density at radius 2 is 1.43 bits per heavy atom. The third-order valence-corrected chi connectivity index (χ3v) is 3.35. The van der Waals surface area contributed by atoms with Gasteiger partial charge in [-0.25, -0.2) is 4.79 Å². The first-order chi connectivity index (χ1) is 10.1. The van der Waals surface area contributed by atoms with Gasteiger partial charge in [0, 0.05) is 0 Å². The Kier molecular flexibility index (Phi) is 3.28. The molecule has 0 aliphatic heterocycles. The number of nitrogens with one attached hydrogen (secondary N) is 2. The van der Waals surface area contributed by atoms with E-state index in [4.69, 9.17) is 0 Å². The molecule has 0 aliphatic carbocycles. The summed E-state index contributed by atoms with van der Waals surface area (Å²) in [6.07, 6.45) is 0. The highest BCUT2D eigenvalue weighted by molar-refractivity contribution is 5.79. The quantitative estimate of drug-likeness (QED) is 0.757. The van der Waals surface area contributed by atoms with Crippen molar-refractivity contribution in [2.45, 2.75) is 6.92 Å². The van der Waals surface area contributed by atoms with E-state index < -0.39 is 5.69 Å². The van der Waals surface area contributed by atoms with Gasteiger partial charge in [-0.15, -0.1) is 0 Å². The fourth-order valence-corrected chi connectivity index (χ4v) is 2.30. The smallest absolute Gasteiger partial charge is 0.306 e. The Balaban J connectivity index is 2.32. The maximum atomic E-state index is 12.2. The molecule has 0 bridgehead atoms. The third kappa shape index (κ3) is 2.56. The molecule has 104 valence electrons. The van der Waals surface area contributed by atoms with Crippen LogP contribution in [0, 0.1) is 6.92 Å². The molecule has 0 aliphatic rings. The summed E-state index contributed by atoms with van der Waals surface area (Å²) in [5.41, 5.74) is 2.81. The van der Waals surface area contributed by atoms with Crippen molar-refractivity contribution in [3.63, 3.8) is 0 Å². The average Bonchev–Trinajstić information content (AvgIpc) is 2.48. The van der Waals surface area contributed by atoms with Crippen LogP contribution in [0.3, 0.4) is 0 Å². The van der Waals surface area contributed by atoms with Crippen LogP contribution in [0.15, 0.2) is 64.2 Å². The molecule has 0 atom stereocenters. The number of H-pyrrole nitrogens is 2. The molecule has 21 heavy (non-hydrogen) atoms. The van der Waals surface area contributed by atoms with Gasteiger partial charge < -0.3 is 4.98 Å². The number of rotatable bonds is 2. The minimum Gasteiger partial charge on any atom is -0.306 e. The molecule has 0 unspecified atom stereocenters. The zero-order valence-corrected chi connectivity index (χ0v) is 11.5. The van der Waals surface area contributed by atoms with Crippen LogP contribution in [0.1, 0.15) is 5.56 Å². The van der Waals surface area contributed by atoms with Crippen molar-refractivity contribution >= 4 is 0 Å². The van der Waals surface area contributed by atoms with Crippen LogP contribution in [0.5, 0.6) is 0 Å². The molecule has 0 saturated carbocycles. The Morgan fingerprint density at radius 3 is 2.10 bits per heavy atom. The molecule has 1 heterocycles. The van der Waals surface area contributed by atoms with Crippen LogP contribution in [0.2, 0.25) is 0 Å². The van der Waals surface area contributed by atoms with Gasteiger partial charge >= 0.3 is 5.69 Å². The summed E-state index contributed by atoms with van der Waals surface area (Å²) in [6.45, 7) is 1.99. The SMILES string of the molecule is Cc1ccc(-c2[nH]c(=O)[nH]c(=O)c2-c2ccccc2)cc1. The van der Waals surface area contributed by atoms with Crippen molar-refractivity contribution in [2.75, 3.05) is 0 Å². The molecule has 0 fully saturated rings. The number of hydrogen-bond acceptors (Lipinski definition) is 2. The summed E-state index contributed by atoms with van der Waals surface area (Å²) in [5, 5.41) is 0. The summed E-state index contributed by atoms with van der Waals surface area (Å²) in [4.78, 5) is 28.9. The molecular formula is C17H14N2O2. The number of aromatic amines is 2. The molecule has 0 spiro atoms. The standard InChI is InChI=1S/C17H14N2O2/c1-11-7-9-13(10-8-11)15-14(12-5-3-2-4-6-12)16(20)19-17(21)18-15/h2-10H,1H3,(H2,18,19,20,21). The monoisotopic (exact) mass is 278 g/mol. The summed E-state index contributed by atoms with van der Waals surface area (Å²) in [6, 6.07) is 17.0. The van der Waals surface area contributed by atoms with Crippen LogP contribution in [-0.4, -0.2) is 9.97 Å². The van der Waals surface area contributed by atoms with Gasteiger partial charge in [-0.1, -0.05) is 60.2 Å². The molecule has 0 saturated heterocycles. The minimum absolute atomic E-state index is 0.388. The highest BCUT2D eigenvalue weighted by Gasteiger charge is 2.13. The molecule has 0 radical (unpaired) electrons. The van der Waals surface area contributed by atoms with E-state index in [0.717, 1.165) is 16.7 Å². The molecule has 3 aromatic rings. The van der Waals surface area contributed by atoms with Gasteiger partial charge in [0.1, 0.15) is 0 Å². The predicted octanol–water partition coefficient (Wildman–Crippen LogP) is 2.71. The van der Waals surface area contributed by atoms with E-state index in [-0.39, 0.29) is 5.56 Å². The van der Waals surface area contributed by atoms with Crippen LogP contribution in [0.25, 0.3) is 22.4 Å². The molecule has 1 aromatic heterocycles. The van der Waals surface area contributed by atoms with Crippen molar-refractivity contribution in [1.82, 2.24) is 9.97 Å². The van der Waals surface area contributed by atoms with E-state index in [1.807, 2.05) is 61.5 Å². The molecule has 4 heteroatoms. The second kappa shape index (κ2) is 5.25. The summed E-state index contributed by atoms with van der Waals surface area (Å²) < 4.78 is 0. The summed E-state index contributed by atoms with van der Waals surface area (Å²) in [7, 11) is 0. The number of aromatic nitrogens is 2. The second-order valence-electron chi connectivity index (χ2n) is 4.89. The molecule has 4 nitrogen and oxygen atoms in total. The van der Waals surface area contributed by atoms with E-state index in [9.17, 15) is 9.59 Å². The van der Waals surface area contributed by atoms with Gasteiger partial charge in [0.2, 0.25) is 0 Å². The van der Waals surface area contributed by atoms with Gasteiger partial charge in [-0.2, -0.15) is 0 Å². The van der Waals surface area contributed by atoms with Crippen molar-refractivity contribution in [3.05, 3.63) is 81.0 Å². The summed E-state index contributed by atoms with van der Waals surface area (Å²) >= 11 is 0. The molecule has 2 N–H and O–H groups in total. The molecule has 3 rings (SSSR count). The van der Waals surface area contributed by atoms with E-state index in [1.54, 1.807) is 0 Å². The minimum atomic E-state index is -0.504. The topological polar surface area (TPSA) is 65.7 Å². The zero-order valence-electron chi connectivity index (χ0n) is 11.5. The van der Waals surface area contributed by atoms with Crippen LogP contribution >= 0.6 is 0 Å². The van der Waals surface area contributed by atoms with E-state index in [2.05, 4.69) is 9.97 Å². The summed E-state index contributed by atoms with van der Waals surface area (Å²) in [5.74, 6) is 0. The predicted molar refractivity (Wildman–Crippen MR) is 83.3 cm³/mol.